The van der Waals surface area contributed by atoms with Crippen LogP contribution >= 0.6 is 11.6 Å². The second kappa shape index (κ2) is 9.37. The molecule has 1 unspecified atom stereocenters. The van der Waals surface area contributed by atoms with E-state index in [2.05, 4.69) is 0 Å². The van der Waals surface area contributed by atoms with Gasteiger partial charge < -0.3 is 23.8 Å². The number of morpholine rings is 1. The van der Waals surface area contributed by atoms with E-state index in [0.717, 1.165) is 16.9 Å². The number of nitrogens with zero attached hydrogens (tertiary/aromatic N) is 1. The van der Waals surface area contributed by atoms with Gasteiger partial charge in [0.25, 0.3) is 5.91 Å². The van der Waals surface area contributed by atoms with Crippen molar-refractivity contribution in [3.63, 3.8) is 0 Å². The van der Waals surface area contributed by atoms with Gasteiger partial charge in [-0.25, -0.2) is 0 Å². The summed E-state index contributed by atoms with van der Waals surface area (Å²) in [6.45, 7) is 5.60. The number of hydrogen-bond donors (Lipinski definition) is 0. The van der Waals surface area contributed by atoms with Crippen LogP contribution in [-0.4, -0.2) is 57.4 Å². The second-order valence-electron chi connectivity index (χ2n) is 6.97. The third-order valence-electron chi connectivity index (χ3n) is 4.99. The van der Waals surface area contributed by atoms with Crippen molar-refractivity contribution >= 4 is 17.5 Å². The molecule has 0 bridgehead atoms. The Balaban J connectivity index is 1.67. The second-order valence-corrected chi connectivity index (χ2v) is 7.38. The largest absolute Gasteiger partial charge is 0.496 e. The normalized spacial score (nSPS) is 16.4. The molecule has 1 aliphatic rings. The van der Waals surface area contributed by atoms with Crippen LogP contribution in [-0.2, 0) is 4.74 Å². The molecule has 0 spiro atoms. The summed E-state index contributed by atoms with van der Waals surface area (Å²) in [5.41, 5.74) is 2.34. The summed E-state index contributed by atoms with van der Waals surface area (Å²) in [4.78, 5) is 14.8. The zero-order chi connectivity index (χ0) is 21.0. The van der Waals surface area contributed by atoms with Crippen molar-refractivity contribution in [1.82, 2.24) is 4.90 Å². The van der Waals surface area contributed by atoms with Crippen molar-refractivity contribution in [2.24, 2.45) is 0 Å². The fourth-order valence-corrected chi connectivity index (χ4v) is 3.41. The van der Waals surface area contributed by atoms with Crippen molar-refractivity contribution in [1.29, 1.82) is 0 Å². The summed E-state index contributed by atoms with van der Waals surface area (Å²) < 4.78 is 22.4. The van der Waals surface area contributed by atoms with Crippen molar-refractivity contribution in [3.8, 4) is 17.2 Å². The average Bonchev–Trinajstić information content (AvgIpc) is 2.74. The van der Waals surface area contributed by atoms with Gasteiger partial charge in [0.15, 0.2) is 0 Å². The van der Waals surface area contributed by atoms with Gasteiger partial charge in [0.2, 0.25) is 0 Å². The van der Waals surface area contributed by atoms with Gasteiger partial charge in [-0.1, -0.05) is 11.6 Å². The van der Waals surface area contributed by atoms with E-state index >= 15 is 0 Å². The summed E-state index contributed by atoms with van der Waals surface area (Å²) >= 11 is 6.05. The van der Waals surface area contributed by atoms with Crippen LogP contribution in [0.2, 0.25) is 5.02 Å². The predicted octanol–water partition coefficient (Wildman–Crippen LogP) is 3.89. The van der Waals surface area contributed by atoms with Crippen molar-refractivity contribution in [2.75, 3.05) is 40.5 Å². The van der Waals surface area contributed by atoms with E-state index in [9.17, 15) is 4.79 Å². The minimum Gasteiger partial charge on any atom is -0.496 e. The molecule has 29 heavy (non-hydrogen) atoms. The number of carbonyl (C=O) groups is 1. The van der Waals surface area contributed by atoms with E-state index in [1.165, 1.54) is 0 Å². The molecule has 0 aromatic heterocycles. The molecule has 1 aliphatic heterocycles. The number of carbonyl (C=O) groups excluding carboxylic acids is 1. The van der Waals surface area contributed by atoms with E-state index in [1.807, 2.05) is 32.0 Å². The van der Waals surface area contributed by atoms with Gasteiger partial charge in [0.05, 0.1) is 27.4 Å². The van der Waals surface area contributed by atoms with Gasteiger partial charge in [-0.05, 0) is 49.7 Å². The first-order valence-electron chi connectivity index (χ1n) is 9.45. The van der Waals surface area contributed by atoms with Gasteiger partial charge in [-0.15, -0.1) is 0 Å². The molecule has 0 radical (unpaired) electrons. The Labute approximate surface area is 176 Å². The molecule has 2 aromatic rings. The van der Waals surface area contributed by atoms with Crippen molar-refractivity contribution in [3.05, 3.63) is 52.0 Å². The molecule has 0 aliphatic carbocycles. The number of amides is 1. The van der Waals surface area contributed by atoms with Crippen molar-refractivity contribution < 1.29 is 23.7 Å². The topological polar surface area (TPSA) is 57.2 Å². The minimum absolute atomic E-state index is 0.0859. The minimum atomic E-state index is -0.210. The molecule has 6 nitrogen and oxygen atoms in total. The lowest BCUT2D eigenvalue weighted by molar-refractivity contribution is -0.0401. The number of benzene rings is 2. The lowest BCUT2D eigenvalue weighted by atomic mass is 10.1. The van der Waals surface area contributed by atoms with Crippen LogP contribution in [0.1, 0.15) is 21.5 Å². The summed E-state index contributed by atoms with van der Waals surface area (Å²) in [5, 5.41) is 0.701. The molecule has 156 valence electrons. The van der Waals surface area contributed by atoms with Crippen LogP contribution in [0.25, 0.3) is 0 Å². The lowest BCUT2D eigenvalue weighted by Gasteiger charge is -2.33. The molecule has 0 saturated carbocycles. The molecule has 1 amide bonds. The van der Waals surface area contributed by atoms with Crippen LogP contribution in [0.3, 0.4) is 0 Å². The molecule has 0 N–H and O–H groups in total. The third-order valence-corrected chi connectivity index (χ3v) is 5.41. The molecule has 1 saturated heterocycles. The van der Waals surface area contributed by atoms with Gasteiger partial charge in [-0.2, -0.15) is 0 Å². The predicted molar refractivity (Wildman–Crippen MR) is 112 cm³/mol. The first kappa shape index (κ1) is 21.3. The van der Waals surface area contributed by atoms with Crippen molar-refractivity contribution in [2.45, 2.75) is 20.0 Å². The summed E-state index contributed by atoms with van der Waals surface area (Å²) in [7, 11) is 3.16. The van der Waals surface area contributed by atoms with Gasteiger partial charge in [0, 0.05) is 22.7 Å². The molecule has 7 heteroatoms. The van der Waals surface area contributed by atoms with E-state index in [-0.39, 0.29) is 12.0 Å². The van der Waals surface area contributed by atoms with Crippen LogP contribution in [0, 0.1) is 13.8 Å². The molecular formula is C22H26ClNO5. The standard InChI is InChI=1S/C22H26ClNO5/c1-14-9-17(5-6-19(14)23)29-13-18-12-24(7-8-28-18)22(25)16-10-20(26-3)15(2)21(11-16)27-4/h5-6,9-11,18H,7-8,12-13H2,1-4H3. The SMILES string of the molecule is COc1cc(C(=O)N2CCOC(COc3ccc(Cl)c(C)c3)C2)cc(OC)c1C. The Morgan fingerprint density at radius 2 is 1.86 bits per heavy atom. The zero-order valence-corrected chi connectivity index (χ0v) is 17.9. The number of halogens is 1. The quantitative estimate of drug-likeness (QED) is 0.710. The van der Waals surface area contributed by atoms with E-state index < -0.39 is 0 Å². The van der Waals surface area contributed by atoms with Crippen LogP contribution in [0.4, 0.5) is 0 Å². The zero-order valence-electron chi connectivity index (χ0n) is 17.2. The van der Waals surface area contributed by atoms with Crippen LogP contribution < -0.4 is 14.2 Å². The molecule has 1 heterocycles. The summed E-state index contributed by atoms with van der Waals surface area (Å²) in [5.74, 6) is 1.89. The van der Waals surface area contributed by atoms with Crippen LogP contribution in [0.15, 0.2) is 30.3 Å². The molecule has 1 fully saturated rings. The first-order valence-corrected chi connectivity index (χ1v) is 9.83. The number of ether oxygens (including phenoxy) is 4. The smallest absolute Gasteiger partial charge is 0.254 e. The monoisotopic (exact) mass is 419 g/mol. The maximum Gasteiger partial charge on any atom is 0.254 e. The Hall–Kier alpha value is -2.44. The maximum atomic E-state index is 13.1. The number of hydrogen-bond acceptors (Lipinski definition) is 5. The molecule has 3 rings (SSSR count). The fourth-order valence-electron chi connectivity index (χ4n) is 3.29. The van der Waals surface area contributed by atoms with E-state index in [4.69, 9.17) is 30.5 Å². The van der Waals surface area contributed by atoms with E-state index in [1.54, 1.807) is 31.3 Å². The van der Waals surface area contributed by atoms with Crippen LogP contribution in [0.5, 0.6) is 17.2 Å². The van der Waals surface area contributed by atoms with Gasteiger partial charge in [-0.3, -0.25) is 4.79 Å². The highest BCUT2D eigenvalue weighted by molar-refractivity contribution is 6.31. The average molecular weight is 420 g/mol. The van der Waals surface area contributed by atoms with Gasteiger partial charge >= 0.3 is 0 Å². The molecular weight excluding hydrogens is 394 g/mol. The summed E-state index contributed by atoms with van der Waals surface area (Å²) in [6.07, 6.45) is -0.210. The molecule has 2 aromatic carbocycles. The lowest BCUT2D eigenvalue weighted by Crippen LogP contribution is -2.47. The number of aryl methyl sites for hydroxylation is 1. The molecule has 1 atom stereocenters. The van der Waals surface area contributed by atoms with Gasteiger partial charge in [0.1, 0.15) is 30.0 Å². The Morgan fingerprint density at radius 1 is 1.17 bits per heavy atom. The Morgan fingerprint density at radius 3 is 2.48 bits per heavy atom. The maximum absolute atomic E-state index is 13.1. The number of rotatable bonds is 6. The summed E-state index contributed by atoms with van der Waals surface area (Å²) in [6, 6.07) is 9.02. The third kappa shape index (κ3) is 4.95. The van der Waals surface area contributed by atoms with E-state index in [0.29, 0.717) is 48.4 Å². The number of methoxy groups -OCH3 is 2. The fraction of sp³-hybridized carbons (Fsp3) is 0.409. The Kier molecular flexibility index (Phi) is 6.87. The Bertz CT molecular complexity index is 860. The first-order chi connectivity index (χ1) is 13.9. The highest BCUT2D eigenvalue weighted by Gasteiger charge is 2.26. The highest BCUT2D eigenvalue weighted by atomic mass is 35.5. The highest BCUT2D eigenvalue weighted by Crippen LogP contribution is 2.30.